The summed E-state index contributed by atoms with van der Waals surface area (Å²) < 4.78 is 27.6. The lowest BCUT2D eigenvalue weighted by atomic mass is 10.1. The monoisotopic (exact) mass is 320 g/mol. The fourth-order valence-corrected chi connectivity index (χ4v) is 3.44. The van der Waals surface area contributed by atoms with Crippen LogP contribution in [0.2, 0.25) is 0 Å². The first-order valence-electron chi connectivity index (χ1n) is 6.56. The molecular weight excluding hydrogens is 304 g/mol. The van der Waals surface area contributed by atoms with Crippen LogP contribution in [0.5, 0.6) is 0 Å². The van der Waals surface area contributed by atoms with Crippen molar-refractivity contribution in [2.75, 3.05) is 4.72 Å². The molecule has 116 valence electrons. The van der Waals surface area contributed by atoms with Gasteiger partial charge in [-0.1, -0.05) is 18.2 Å². The van der Waals surface area contributed by atoms with Crippen molar-refractivity contribution < 1.29 is 13.3 Å². The van der Waals surface area contributed by atoms with E-state index in [1.165, 1.54) is 12.1 Å². The minimum Gasteiger partial charge on any atom is -0.279 e. The van der Waals surface area contributed by atoms with Gasteiger partial charge in [0.25, 0.3) is 15.7 Å². The molecule has 0 spiro atoms. The van der Waals surface area contributed by atoms with Crippen LogP contribution in [0.1, 0.15) is 16.7 Å². The molecule has 0 heterocycles. The molecule has 0 radical (unpaired) electrons. The lowest BCUT2D eigenvalue weighted by Crippen LogP contribution is -2.15. The predicted molar refractivity (Wildman–Crippen MR) is 84.6 cm³/mol. The Hall–Kier alpha value is -2.41. The number of hydrogen-bond donors (Lipinski definition) is 1. The minimum atomic E-state index is -3.89. The Kier molecular flexibility index (Phi) is 4.18. The lowest BCUT2D eigenvalue weighted by molar-refractivity contribution is -0.385. The van der Waals surface area contributed by atoms with Gasteiger partial charge in [0.1, 0.15) is 0 Å². The number of nitrogens with zero attached hydrogens (tertiary/aromatic N) is 1. The van der Waals surface area contributed by atoms with E-state index in [-0.39, 0.29) is 10.6 Å². The van der Waals surface area contributed by atoms with Crippen molar-refractivity contribution in [2.45, 2.75) is 25.7 Å². The molecule has 2 aromatic carbocycles. The molecule has 0 amide bonds. The molecule has 0 fully saturated rings. The number of nitrogens with one attached hydrogen (secondary N) is 1. The van der Waals surface area contributed by atoms with Crippen LogP contribution < -0.4 is 4.72 Å². The summed E-state index contributed by atoms with van der Waals surface area (Å²) in [6.45, 7) is 5.29. The fourth-order valence-electron chi connectivity index (χ4n) is 2.05. The molecule has 7 heteroatoms. The maximum atomic E-state index is 12.5. The Labute approximate surface area is 129 Å². The number of rotatable bonds is 4. The second-order valence-corrected chi connectivity index (χ2v) is 6.71. The quantitative estimate of drug-likeness (QED) is 0.691. The first-order chi connectivity index (χ1) is 10.2. The molecular formula is C15H16N2O4S. The first kappa shape index (κ1) is 16.0. The average Bonchev–Trinajstić information content (AvgIpc) is 2.43. The Morgan fingerprint density at radius 3 is 2.36 bits per heavy atom. The molecule has 1 N–H and O–H groups in total. The second-order valence-electron chi connectivity index (χ2n) is 5.06. The molecule has 0 aliphatic heterocycles. The van der Waals surface area contributed by atoms with Gasteiger partial charge >= 0.3 is 0 Å². The standard InChI is InChI=1S/C15H16N2O4S/c1-10-5-4-6-14(12(10)3)16-22(20,21)15-9-13(17(18)19)8-7-11(15)2/h4-9,16H,1-3H3. The van der Waals surface area contributed by atoms with Crippen LogP contribution in [0.4, 0.5) is 11.4 Å². The summed E-state index contributed by atoms with van der Waals surface area (Å²) >= 11 is 0. The highest BCUT2D eigenvalue weighted by Gasteiger charge is 2.21. The summed E-state index contributed by atoms with van der Waals surface area (Å²) in [6, 6.07) is 9.07. The molecule has 22 heavy (non-hydrogen) atoms. The largest absolute Gasteiger partial charge is 0.279 e. The number of hydrogen-bond acceptors (Lipinski definition) is 4. The molecule has 0 atom stereocenters. The Morgan fingerprint density at radius 2 is 1.73 bits per heavy atom. The maximum Gasteiger partial charge on any atom is 0.270 e. The Morgan fingerprint density at radius 1 is 1.05 bits per heavy atom. The topological polar surface area (TPSA) is 89.3 Å². The Balaban J connectivity index is 2.49. The average molecular weight is 320 g/mol. The van der Waals surface area contributed by atoms with E-state index in [9.17, 15) is 18.5 Å². The molecule has 0 unspecified atom stereocenters. The predicted octanol–water partition coefficient (Wildman–Crippen LogP) is 3.32. The molecule has 2 rings (SSSR count). The van der Waals surface area contributed by atoms with Crippen molar-refractivity contribution in [1.82, 2.24) is 0 Å². The van der Waals surface area contributed by atoms with E-state index in [0.717, 1.165) is 17.2 Å². The highest BCUT2D eigenvalue weighted by Crippen LogP contribution is 2.26. The third-order valence-electron chi connectivity index (χ3n) is 3.52. The SMILES string of the molecule is Cc1ccc([N+](=O)[O-])cc1S(=O)(=O)Nc1cccc(C)c1C. The zero-order chi connectivity index (χ0) is 16.5. The van der Waals surface area contributed by atoms with Gasteiger partial charge in [0.05, 0.1) is 15.5 Å². The fraction of sp³-hybridized carbons (Fsp3) is 0.200. The number of sulfonamides is 1. The van der Waals surface area contributed by atoms with Crippen LogP contribution in [0.25, 0.3) is 0 Å². The van der Waals surface area contributed by atoms with Crippen LogP contribution in [-0.4, -0.2) is 13.3 Å². The Bertz CT molecular complexity index is 845. The second kappa shape index (κ2) is 5.76. The van der Waals surface area contributed by atoms with Crippen LogP contribution >= 0.6 is 0 Å². The third kappa shape index (κ3) is 3.09. The van der Waals surface area contributed by atoms with Crippen molar-refractivity contribution in [3.05, 3.63) is 63.2 Å². The normalized spacial score (nSPS) is 11.2. The summed E-state index contributed by atoms with van der Waals surface area (Å²) in [6.07, 6.45) is 0. The van der Waals surface area contributed by atoms with Gasteiger partial charge in [0.2, 0.25) is 0 Å². The van der Waals surface area contributed by atoms with Crippen LogP contribution in [-0.2, 0) is 10.0 Å². The lowest BCUT2D eigenvalue weighted by Gasteiger charge is -2.13. The van der Waals surface area contributed by atoms with Crippen molar-refractivity contribution >= 4 is 21.4 Å². The third-order valence-corrected chi connectivity index (χ3v) is 5.03. The number of non-ortho nitro benzene ring substituents is 1. The van der Waals surface area contributed by atoms with E-state index >= 15 is 0 Å². The van der Waals surface area contributed by atoms with Gasteiger partial charge in [-0.25, -0.2) is 8.42 Å². The van der Waals surface area contributed by atoms with Crippen molar-refractivity contribution in [3.8, 4) is 0 Å². The van der Waals surface area contributed by atoms with Gasteiger partial charge < -0.3 is 0 Å². The molecule has 6 nitrogen and oxygen atoms in total. The van der Waals surface area contributed by atoms with Gasteiger partial charge in [-0.3, -0.25) is 14.8 Å². The summed E-state index contributed by atoms with van der Waals surface area (Å²) in [5, 5.41) is 10.8. The summed E-state index contributed by atoms with van der Waals surface area (Å²) in [5.41, 5.74) is 2.42. The number of aryl methyl sites for hydroxylation is 2. The van der Waals surface area contributed by atoms with E-state index < -0.39 is 14.9 Å². The van der Waals surface area contributed by atoms with E-state index in [1.807, 2.05) is 19.9 Å². The molecule has 0 saturated carbocycles. The van der Waals surface area contributed by atoms with Gasteiger partial charge in [0.15, 0.2) is 0 Å². The van der Waals surface area contributed by atoms with Gasteiger partial charge in [0, 0.05) is 12.1 Å². The minimum absolute atomic E-state index is 0.0948. The highest BCUT2D eigenvalue weighted by molar-refractivity contribution is 7.92. The van der Waals surface area contributed by atoms with Gasteiger partial charge in [-0.05, 0) is 43.5 Å². The van der Waals surface area contributed by atoms with Gasteiger partial charge in [-0.2, -0.15) is 0 Å². The smallest absolute Gasteiger partial charge is 0.270 e. The molecule has 0 bridgehead atoms. The first-order valence-corrected chi connectivity index (χ1v) is 8.05. The zero-order valence-electron chi connectivity index (χ0n) is 12.5. The molecule has 0 saturated heterocycles. The highest BCUT2D eigenvalue weighted by atomic mass is 32.2. The van der Waals surface area contributed by atoms with Crippen LogP contribution in [0.15, 0.2) is 41.3 Å². The van der Waals surface area contributed by atoms with Crippen LogP contribution in [0.3, 0.4) is 0 Å². The number of nitro benzene ring substituents is 1. The number of nitro groups is 1. The molecule has 0 aliphatic rings. The molecule has 0 aliphatic carbocycles. The summed E-state index contributed by atoms with van der Waals surface area (Å²) in [7, 11) is -3.89. The number of anilines is 1. The molecule has 0 aromatic heterocycles. The zero-order valence-corrected chi connectivity index (χ0v) is 13.3. The van der Waals surface area contributed by atoms with E-state index in [2.05, 4.69) is 4.72 Å². The van der Waals surface area contributed by atoms with Gasteiger partial charge in [-0.15, -0.1) is 0 Å². The van der Waals surface area contributed by atoms with Crippen LogP contribution in [0, 0.1) is 30.9 Å². The summed E-state index contributed by atoms with van der Waals surface area (Å²) in [5.74, 6) is 0. The molecule has 2 aromatic rings. The van der Waals surface area contributed by atoms with Crippen molar-refractivity contribution in [3.63, 3.8) is 0 Å². The van der Waals surface area contributed by atoms with Crippen molar-refractivity contribution in [2.24, 2.45) is 0 Å². The van der Waals surface area contributed by atoms with E-state index in [4.69, 9.17) is 0 Å². The van der Waals surface area contributed by atoms with Crippen molar-refractivity contribution in [1.29, 1.82) is 0 Å². The number of benzene rings is 2. The van der Waals surface area contributed by atoms with E-state index in [0.29, 0.717) is 11.3 Å². The maximum absolute atomic E-state index is 12.5. The summed E-state index contributed by atoms with van der Waals surface area (Å²) in [4.78, 5) is 10.1. The van der Waals surface area contributed by atoms with E-state index in [1.54, 1.807) is 19.1 Å².